The van der Waals surface area contributed by atoms with Crippen molar-refractivity contribution in [3.63, 3.8) is 0 Å². The van der Waals surface area contributed by atoms with E-state index in [0.29, 0.717) is 6.42 Å². The lowest BCUT2D eigenvalue weighted by Gasteiger charge is -2.14. The molecular weight excluding hydrogens is 210 g/mol. The van der Waals surface area contributed by atoms with E-state index in [-0.39, 0.29) is 6.10 Å². The van der Waals surface area contributed by atoms with Crippen LogP contribution in [-0.4, -0.2) is 16.2 Å². The standard InChI is InChI=1S/C15H23NO/c1-2-12-7-8-14(16-11-12)10-15(17)9-13-5-3-4-6-13/h7-8,11,13,15,17H,2-6,9-10H2,1H3. The van der Waals surface area contributed by atoms with Gasteiger partial charge in [0, 0.05) is 18.3 Å². The summed E-state index contributed by atoms with van der Waals surface area (Å²) in [5.41, 5.74) is 2.28. The molecule has 1 aromatic heterocycles. The Kier molecular flexibility index (Phi) is 4.55. The van der Waals surface area contributed by atoms with E-state index < -0.39 is 0 Å². The van der Waals surface area contributed by atoms with Gasteiger partial charge in [0.2, 0.25) is 0 Å². The third kappa shape index (κ3) is 3.81. The third-order valence-corrected chi connectivity index (χ3v) is 3.82. The molecule has 1 aromatic rings. The molecule has 1 aliphatic carbocycles. The number of hydrogen-bond donors (Lipinski definition) is 1. The fraction of sp³-hybridized carbons (Fsp3) is 0.667. The minimum Gasteiger partial charge on any atom is -0.393 e. The monoisotopic (exact) mass is 233 g/mol. The summed E-state index contributed by atoms with van der Waals surface area (Å²) in [6, 6.07) is 4.17. The number of aryl methyl sites for hydroxylation is 1. The van der Waals surface area contributed by atoms with Crippen LogP contribution < -0.4 is 0 Å². The Morgan fingerprint density at radius 2 is 2.12 bits per heavy atom. The second kappa shape index (κ2) is 6.15. The molecule has 1 N–H and O–H groups in total. The van der Waals surface area contributed by atoms with E-state index >= 15 is 0 Å². The van der Waals surface area contributed by atoms with Crippen LogP contribution in [0.3, 0.4) is 0 Å². The number of rotatable bonds is 5. The van der Waals surface area contributed by atoms with Crippen LogP contribution in [0.1, 0.15) is 50.3 Å². The van der Waals surface area contributed by atoms with E-state index in [0.717, 1.165) is 24.5 Å². The van der Waals surface area contributed by atoms with Gasteiger partial charge >= 0.3 is 0 Å². The molecule has 0 amide bonds. The second-order valence-electron chi connectivity index (χ2n) is 5.26. The highest BCUT2D eigenvalue weighted by atomic mass is 16.3. The SMILES string of the molecule is CCc1ccc(CC(O)CC2CCCC2)nc1. The molecule has 17 heavy (non-hydrogen) atoms. The van der Waals surface area contributed by atoms with E-state index in [2.05, 4.69) is 24.0 Å². The van der Waals surface area contributed by atoms with Gasteiger partial charge in [0.25, 0.3) is 0 Å². The summed E-state index contributed by atoms with van der Waals surface area (Å²) in [4.78, 5) is 4.40. The maximum Gasteiger partial charge on any atom is 0.0598 e. The van der Waals surface area contributed by atoms with Gasteiger partial charge in [-0.15, -0.1) is 0 Å². The summed E-state index contributed by atoms with van der Waals surface area (Å²) < 4.78 is 0. The third-order valence-electron chi connectivity index (χ3n) is 3.82. The topological polar surface area (TPSA) is 33.1 Å². The van der Waals surface area contributed by atoms with Crippen molar-refractivity contribution >= 4 is 0 Å². The van der Waals surface area contributed by atoms with Gasteiger partial charge in [-0.1, -0.05) is 38.7 Å². The first kappa shape index (κ1) is 12.6. The van der Waals surface area contributed by atoms with Crippen molar-refractivity contribution < 1.29 is 5.11 Å². The smallest absolute Gasteiger partial charge is 0.0598 e. The highest BCUT2D eigenvalue weighted by molar-refractivity contribution is 5.14. The van der Waals surface area contributed by atoms with Crippen molar-refractivity contribution in [2.24, 2.45) is 5.92 Å². The Hall–Kier alpha value is -0.890. The lowest BCUT2D eigenvalue weighted by molar-refractivity contribution is 0.142. The molecule has 1 heterocycles. The van der Waals surface area contributed by atoms with Gasteiger partial charge in [0.05, 0.1) is 6.10 Å². The fourth-order valence-electron chi connectivity index (χ4n) is 2.74. The number of pyridine rings is 1. The zero-order chi connectivity index (χ0) is 12.1. The molecule has 1 atom stereocenters. The zero-order valence-electron chi connectivity index (χ0n) is 10.7. The van der Waals surface area contributed by atoms with Gasteiger partial charge in [0.15, 0.2) is 0 Å². The van der Waals surface area contributed by atoms with Crippen LogP contribution in [0.25, 0.3) is 0 Å². The molecule has 0 radical (unpaired) electrons. The van der Waals surface area contributed by atoms with Crippen molar-refractivity contribution in [1.82, 2.24) is 4.98 Å². The van der Waals surface area contributed by atoms with Gasteiger partial charge in [-0.25, -0.2) is 0 Å². The Morgan fingerprint density at radius 1 is 1.35 bits per heavy atom. The quantitative estimate of drug-likeness (QED) is 0.847. The number of aliphatic hydroxyl groups is 1. The molecule has 2 heteroatoms. The summed E-state index contributed by atoms with van der Waals surface area (Å²) in [5.74, 6) is 0.750. The number of aliphatic hydroxyl groups excluding tert-OH is 1. The molecule has 1 unspecified atom stereocenters. The molecule has 1 saturated carbocycles. The normalized spacial score (nSPS) is 18.5. The summed E-state index contributed by atoms with van der Waals surface area (Å²) in [6.45, 7) is 2.13. The first-order valence-corrected chi connectivity index (χ1v) is 6.89. The van der Waals surface area contributed by atoms with Crippen molar-refractivity contribution in [1.29, 1.82) is 0 Å². The summed E-state index contributed by atoms with van der Waals surface area (Å²) in [7, 11) is 0. The van der Waals surface area contributed by atoms with E-state index in [4.69, 9.17) is 0 Å². The molecule has 1 fully saturated rings. The first-order chi connectivity index (χ1) is 8.28. The molecule has 0 aliphatic heterocycles. The summed E-state index contributed by atoms with van der Waals surface area (Å²) in [6.07, 6.45) is 9.71. The minimum atomic E-state index is -0.210. The lowest BCUT2D eigenvalue weighted by atomic mass is 9.97. The van der Waals surface area contributed by atoms with E-state index in [1.54, 1.807) is 0 Å². The minimum absolute atomic E-state index is 0.210. The van der Waals surface area contributed by atoms with Crippen molar-refractivity contribution in [3.05, 3.63) is 29.6 Å². The molecule has 0 saturated heterocycles. The highest BCUT2D eigenvalue weighted by Gasteiger charge is 2.19. The van der Waals surface area contributed by atoms with Crippen LogP contribution >= 0.6 is 0 Å². The highest BCUT2D eigenvalue weighted by Crippen LogP contribution is 2.29. The second-order valence-corrected chi connectivity index (χ2v) is 5.26. The summed E-state index contributed by atoms with van der Waals surface area (Å²) >= 11 is 0. The van der Waals surface area contributed by atoms with E-state index in [1.807, 2.05) is 6.20 Å². The predicted octanol–water partition coefficient (Wildman–Crippen LogP) is 3.13. The van der Waals surface area contributed by atoms with Crippen molar-refractivity contribution in [3.8, 4) is 0 Å². The van der Waals surface area contributed by atoms with Crippen LogP contribution in [-0.2, 0) is 12.8 Å². The largest absolute Gasteiger partial charge is 0.393 e. The van der Waals surface area contributed by atoms with Gasteiger partial charge in [-0.05, 0) is 30.4 Å². The molecule has 2 rings (SSSR count). The molecule has 0 spiro atoms. The average Bonchev–Trinajstić information content (AvgIpc) is 2.82. The molecule has 0 aromatic carbocycles. The van der Waals surface area contributed by atoms with Gasteiger partial charge < -0.3 is 5.11 Å². The van der Waals surface area contributed by atoms with Gasteiger partial charge in [-0.3, -0.25) is 4.98 Å². The molecule has 94 valence electrons. The molecule has 1 aliphatic rings. The Morgan fingerprint density at radius 3 is 2.71 bits per heavy atom. The van der Waals surface area contributed by atoms with Crippen molar-refractivity contribution in [2.45, 2.75) is 58.0 Å². The fourth-order valence-corrected chi connectivity index (χ4v) is 2.74. The van der Waals surface area contributed by atoms with Gasteiger partial charge in [0.1, 0.15) is 0 Å². The molecule has 0 bridgehead atoms. The van der Waals surface area contributed by atoms with Crippen LogP contribution in [0, 0.1) is 5.92 Å². The maximum atomic E-state index is 10.0. The lowest BCUT2D eigenvalue weighted by Crippen LogP contribution is -2.15. The Balaban J connectivity index is 1.81. The average molecular weight is 233 g/mol. The molecule has 2 nitrogen and oxygen atoms in total. The predicted molar refractivity (Wildman–Crippen MR) is 69.9 cm³/mol. The molecular formula is C15H23NO. The Labute approximate surface area is 104 Å². The Bertz CT molecular complexity index is 327. The summed E-state index contributed by atoms with van der Waals surface area (Å²) in [5, 5.41) is 10.0. The van der Waals surface area contributed by atoms with Crippen LogP contribution in [0.5, 0.6) is 0 Å². The van der Waals surface area contributed by atoms with Crippen molar-refractivity contribution in [2.75, 3.05) is 0 Å². The van der Waals surface area contributed by atoms with Crippen LogP contribution in [0.4, 0.5) is 0 Å². The first-order valence-electron chi connectivity index (χ1n) is 6.89. The number of nitrogens with zero attached hydrogens (tertiary/aromatic N) is 1. The zero-order valence-corrected chi connectivity index (χ0v) is 10.7. The van der Waals surface area contributed by atoms with E-state index in [1.165, 1.54) is 31.2 Å². The van der Waals surface area contributed by atoms with Crippen LogP contribution in [0.2, 0.25) is 0 Å². The van der Waals surface area contributed by atoms with E-state index in [9.17, 15) is 5.11 Å². The maximum absolute atomic E-state index is 10.0. The van der Waals surface area contributed by atoms with Crippen LogP contribution in [0.15, 0.2) is 18.3 Å². The number of hydrogen-bond acceptors (Lipinski definition) is 2. The number of aromatic nitrogens is 1. The van der Waals surface area contributed by atoms with Gasteiger partial charge in [-0.2, -0.15) is 0 Å².